The fraction of sp³-hybridized carbons (Fsp3) is 0.421. The average Bonchev–Trinajstić information content (AvgIpc) is 2.65. The molecule has 10 nitrogen and oxygen atoms in total. The highest BCUT2D eigenvalue weighted by molar-refractivity contribution is 5.86. The van der Waals surface area contributed by atoms with Crippen LogP contribution in [0.5, 0.6) is 0 Å². The number of primary amides is 1. The number of rotatable bonds is 9. The number of aliphatic carboxylic acids is 1. The third-order valence-electron chi connectivity index (χ3n) is 4.47. The van der Waals surface area contributed by atoms with Crippen LogP contribution in [0.2, 0.25) is 0 Å². The second-order valence-electron chi connectivity index (χ2n) is 7.00. The van der Waals surface area contributed by atoms with Crippen molar-refractivity contribution >= 4 is 28.8 Å². The number of carboxylic acids is 1. The third-order valence-corrected chi connectivity index (χ3v) is 4.47. The van der Waals surface area contributed by atoms with Crippen molar-refractivity contribution in [2.45, 2.75) is 38.8 Å². The summed E-state index contributed by atoms with van der Waals surface area (Å²) in [5, 5.41) is 14.6. The van der Waals surface area contributed by atoms with Crippen LogP contribution >= 0.6 is 0 Å². The van der Waals surface area contributed by atoms with Crippen LogP contribution < -0.4 is 21.9 Å². The van der Waals surface area contributed by atoms with Crippen LogP contribution in [0.4, 0.5) is 4.79 Å². The van der Waals surface area contributed by atoms with E-state index in [1.807, 2.05) is 0 Å². The molecule has 0 aliphatic carbocycles. The summed E-state index contributed by atoms with van der Waals surface area (Å²) in [6.07, 6.45) is 1.71. The van der Waals surface area contributed by atoms with Gasteiger partial charge in [-0.05, 0) is 30.9 Å². The van der Waals surface area contributed by atoms with Gasteiger partial charge in [-0.15, -0.1) is 0 Å². The second-order valence-corrected chi connectivity index (χ2v) is 7.00. The number of nitrogens with zero attached hydrogens (tertiary/aromatic N) is 2. The Morgan fingerprint density at radius 1 is 1.24 bits per heavy atom. The molecule has 0 radical (unpaired) electrons. The Morgan fingerprint density at radius 2 is 1.93 bits per heavy atom. The molecular weight excluding hydrogens is 378 g/mol. The van der Waals surface area contributed by atoms with Crippen molar-refractivity contribution in [2.75, 3.05) is 6.54 Å². The highest BCUT2D eigenvalue weighted by Crippen LogP contribution is 2.18. The highest BCUT2D eigenvalue weighted by atomic mass is 16.4. The maximum absolute atomic E-state index is 12.9. The van der Waals surface area contributed by atoms with Gasteiger partial charge in [0.15, 0.2) is 0 Å². The second kappa shape index (κ2) is 9.67. The van der Waals surface area contributed by atoms with Gasteiger partial charge < -0.3 is 21.5 Å². The molecule has 29 heavy (non-hydrogen) atoms. The zero-order valence-electron chi connectivity index (χ0n) is 16.3. The molecule has 10 heteroatoms. The quantitative estimate of drug-likeness (QED) is 0.449. The smallest absolute Gasteiger partial charge is 0.326 e. The predicted octanol–water partition coefficient (Wildman–Crippen LogP) is 0.612. The minimum atomic E-state index is -1.20. The number of carboxylic acid groups (broad SMARTS) is 1. The van der Waals surface area contributed by atoms with E-state index in [9.17, 15) is 24.3 Å². The van der Waals surface area contributed by atoms with E-state index in [-0.39, 0.29) is 24.4 Å². The van der Waals surface area contributed by atoms with Crippen LogP contribution in [0.1, 0.15) is 32.7 Å². The van der Waals surface area contributed by atoms with E-state index in [2.05, 4.69) is 15.6 Å². The molecule has 1 heterocycles. The summed E-state index contributed by atoms with van der Waals surface area (Å²) in [6, 6.07) is 4.00. The summed E-state index contributed by atoms with van der Waals surface area (Å²) in [7, 11) is 0. The topological polar surface area (TPSA) is 156 Å². The van der Waals surface area contributed by atoms with Crippen LogP contribution in [-0.2, 0) is 9.59 Å². The number of para-hydroxylation sites is 1. The summed E-state index contributed by atoms with van der Waals surface area (Å²) in [6.45, 7) is 3.72. The molecule has 0 spiro atoms. The maximum Gasteiger partial charge on any atom is 0.326 e. The number of benzene rings is 1. The van der Waals surface area contributed by atoms with Crippen molar-refractivity contribution < 1.29 is 19.5 Å². The number of fused-ring (bicyclic) bond motifs is 1. The average molecular weight is 403 g/mol. The van der Waals surface area contributed by atoms with Gasteiger partial charge in [0, 0.05) is 6.54 Å². The van der Waals surface area contributed by atoms with Crippen LogP contribution in [0.15, 0.2) is 35.4 Å². The summed E-state index contributed by atoms with van der Waals surface area (Å²) >= 11 is 0. The lowest BCUT2D eigenvalue weighted by Crippen LogP contribution is -2.47. The van der Waals surface area contributed by atoms with E-state index in [4.69, 9.17) is 5.73 Å². The highest BCUT2D eigenvalue weighted by Gasteiger charge is 2.29. The van der Waals surface area contributed by atoms with E-state index < -0.39 is 30.0 Å². The molecule has 3 amide bonds. The first-order valence-corrected chi connectivity index (χ1v) is 9.24. The van der Waals surface area contributed by atoms with E-state index >= 15 is 0 Å². The van der Waals surface area contributed by atoms with Crippen molar-refractivity contribution in [1.82, 2.24) is 20.2 Å². The summed E-state index contributed by atoms with van der Waals surface area (Å²) in [5.74, 6) is -2.08. The molecule has 2 atom stereocenters. The summed E-state index contributed by atoms with van der Waals surface area (Å²) in [4.78, 5) is 52.2. The molecular formula is C19H25N5O5. The van der Waals surface area contributed by atoms with E-state index in [0.717, 1.165) is 0 Å². The zero-order chi connectivity index (χ0) is 21.6. The minimum absolute atomic E-state index is 0.0943. The Morgan fingerprint density at radius 3 is 2.55 bits per heavy atom. The SMILES string of the molecule is CC(C)[C@@H](C(=O)N[C@@H](CCCNC(N)=O)C(=O)O)n1cnc2ccccc2c1=O. The number of urea groups is 1. The van der Waals surface area contributed by atoms with Gasteiger partial charge in [0.25, 0.3) is 5.56 Å². The number of carbonyl (C=O) groups excluding carboxylic acids is 2. The van der Waals surface area contributed by atoms with Gasteiger partial charge in [-0.25, -0.2) is 14.6 Å². The molecule has 2 rings (SSSR count). The molecule has 0 aliphatic rings. The lowest BCUT2D eigenvalue weighted by atomic mass is 10.0. The van der Waals surface area contributed by atoms with Crippen LogP contribution in [0, 0.1) is 5.92 Å². The Labute approximate surface area is 167 Å². The minimum Gasteiger partial charge on any atom is -0.480 e. The lowest BCUT2D eigenvalue weighted by molar-refractivity contribution is -0.142. The maximum atomic E-state index is 12.9. The van der Waals surface area contributed by atoms with Crippen molar-refractivity contribution in [3.05, 3.63) is 40.9 Å². The number of nitrogens with one attached hydrogen (secondary N) is 2. The first kappa shape index (κ1) is 21.9. The predicted molar refractivity (Wildman–Crippen MR) is 106 cm³/mol. The Bertz CT molecular complexity index is 955. The van der Waals surface area contributed by atoms with Gasteiger partial charge in [-0.2, -0.15) is 0 Å². The number of amides is 3. The normalized spacial score (nSPS) is 13.1. The van der Waals surface area contributed by atoms with Crippen LogP contribution in [0.3, 0.4) is 0 Å². The standard InChI is InChI=1S/C19H25N5O5/c1-11(2)15(24-10-22-13-7-4-3-6-12(13)17(24)26)16(25)23-14(18(27)28)8-5-9-21-19(20)29/h3-4,6-7,10-11,14-15H,5,8-9H2,1-2H3,(H,23,25)(H,27,28)(H3,20,21,29)/t14-,15-/m0/s1. The first-order chi connectivity index (χ1) is 13.7. The molecule has 0 fully saturated rings. The Hall–Kier alpha value is -3.43. The molecule has 1 aromatic heterocycles. The number of carbonyl (C=O) groups is 3. The van der Waals surface area contributed by atoms with Crippen molar-refractivity contribution in [3.63, 3.8) is 0 Å². The third kappa shape index (κ3) is 5.53. The van der Waals surface area contributed by atoms with Crippen molar-refractivity contribution in [3.8, 4) is 0 Å². The fourth-order valence-electron chi connectivity index (χ4n) is 3.06. The van der Waals surface area contributed by atoms with Gasteiger partial charge in [0.1, 0.15) is 12.1 Å². The monoisotopic (exact) mass is 403 g/mol. The van der Waals surface area contributed by atoms with Crippen molar-refractivity contribution in [1.29, 1.82) is 0 Å². The van der Waals surface area contributed by atoms with Gasteiger partial charge in [0.2, 0.25) is 5.91 Å². The fourth-order valence-corrected chi connectivity index (χ4v) is 3.06. The molecule has 0 saturated heterocycles. The van der Waals surface area contributed by atoms with Gasteiger partial charge in [-0.3, -0.25) is 14.2 Å². The largest absolute Gasteiger partial charge is 0.480 e. The van der Waals surface area contributed by atoms with Crippen molar-refractivity contribution in [2.24, 2.45) is 11.7 Å². The molecule has 0 unspecified atom stereocenters. The Kier molecular flexibility index (Phi) is 7.29. The van der Waals surface area contributed by atoms with Gasteiger partial charge in [-0.1, -0.05) is 26.0 Å². The molecule has 1 aromatic carbocycles. The lowest BCUT2D eigenvalue weighted by Gasteiger charge is -2.24. The Balaban J connectivity index is 2.22. The van der Waals surface area contributed by atoms with Gasteiger partial charge in [0.05, 0.1) is 17.2 Å². The van der Waals surface area contributed by atoms with Crippen LogP contribution in [0.25, 0.3) is 10.9 Å². The van der Waals surface area contributed by atoms with E-state index in [1.54, 1.807) is 38.1 Å². The first-order valence-electron chi connectivity index (χ1n) is 9.24. The summed E-state index contributed by atoms with van der Waals surface area (Å²) < 4.78 is 1.23. The molecule has 2 aromatic rings. The molecule has 0 saturated carbocycles. The number of aromatic nitrogens is 2. The molecule has 0 bridgehead atoms. The number of nitrogens with two attached hydrogens (primary N) is 1. The summed E-state index contributed by atoms with van der Waals surface area (Å²) in [5.41, 5.74) is 5.11. The molecule has 156 valence electrons. The molecule has 0 aliphatic heterocycles. The van der Waals surface area contributed by atoms with E-state index in [0.29, 0.717) is 17.3 Å². The van der Waals surface area contributed by atoms with Gasteiger partial charge >= 0.3 is 12.0 Å². The zero-order valence-corrected chi connectivity index (χ0v) is 16.3. The molecule has 5 N–H and O–H groups in total. The van der Waals surface area contributed by atoms with E-state index in [1.165, 1.54) is 10.9 Å². The number of hydrogen-bond donors (Lipinski definition) is 4. The van der Waals surface area contributed by atoms with Crippen LogP contribution in [-0.4, -0.2) is 45.2 Å². The number of hydrogen-bond acceptors (Lipinski definition) is 5.